The quantitative estimate of drug-likeness (QED) is 0.242. The molecule has 5 rings (SSSR count). The number of rotatable bonds is 4. The van der Waals surface area contributed by atoms with Crippen LogP contribution in [-0.2, 0) is 12.6 Å². The normalized spacial score (nSPS) is 17.4. The van der Waals surface area contributed by atoms with Gasteiger partial charge in [0.25, 0.3) is 0 Å². The molecule has 2 heterocycles. The van der Waals surface area contributed by atoms with E-state index in [2.05, 4.69) is 21.8 Å². The molecule has 0 aliphatic heterocycles. The van der Waals surface area contributed by atoms with Crippen LogP contribution in [-0.4, -0.2) is 36.7 Å². The molecule has 1 saturated carbocycles. The molecule has 0 atom stereocenters. The molecule has 2 aromatic carbocycles. The third-order valence-electron chi connectivity index (χ3n) is 7.11. The van der Waals surface area contributed by atoms with Crippen molar-refractivity contribution in [2.45, 2.75) is 57.3 Å². The van der Waals surface area contributed by atoms with E-state index < -0.39 is 22.5 Å². The minimum Gasteiger partial charge on any atom is -0.393 e. The van der Waals surface area contributed by atoms with Gasteiger partial charge in [0.15, 0.2) is 11.4 Å². The van der Waals surface area contributed by atoms with Crippen LogP contribution in [0.3, 0.4) is 0 Å². The van der Waals surface area contributed by atoms with Crippen LogP contribution in [0.1, 0.15) is 70.0 Å². The average Bonchev–Trinajstić information content (AvgIpc) is 3.29. The predicted molar refractivity (Wildman–Crippen MR) is 145 cm³/mol. The molecule has 40 heavy (non-hydrogen) atoms. The molecule has 7 nitrogen and oxygen atoms in total. The van der Waals surface area contributed by atoms with Gasteiger partial charge in [0.05, 0.1) is 28.1 Å². The maximum atomic E-state index is 13.2. The van der Waals surface area contributed by atoms with E-state index in [1.54, 1.807) is 18.2 Å². The number of carbonyl (C=O) groups is 1. The highest BCUT2D eigenvalue weighted by molar-refractivity contribution is 6.31. The second-order valence-corrected chi connectivity index (χ2v) is 10.3. The van der Waals surface area contributed by atoms with Gasteiger partial charge in [0, 0.05) is 17.5 Å². The Morgan fingerprint density at radius 2 is 1.88 bits per heavy atom. The fraction of sp³-hybridized carbons (Fsp3) is 0.310. The average molecular weight is 568 g/mol. The topological polar surface area (TPSA) is 107 Å². The van der Waals surface area contributed by atoms with E-state index in [1.165, 1.54) is 12.4 Å². The standard InChI is InChI=1S/C29H25ClF3N5O2/c1-16-2-3-17(13-25(40)19-4-10-23(30)22(14-19)29(31,32)33)12-18(16)5-11-24-26-27(34)35-15-36-28(26)38(37-24)20-6-8-21(39)9-7-20/h2-4,10,12,14-15,20-21,39H,6-9,13H2,1H3,(H2,34,35,36). The summed E-state index contributed by atoms with van der Waals surface area (Å²) in [5, 5.41) is 14.7. The zero-order valence-corrected chi connectivity index (χ0v) is 22.2. The fourth-order valence-electron chi connectivity index (χ4n) is 4.88. The van der Waals surface area contributed by atoms with E-state index >= 15 is 0 Å². The zero-order chi connectivity index (χ0) is 28.6. The summed E-state index contributed by atoms with van der Waals surface area (Å²) < 4.78 is 41.5. The summed E-state index contributed by atoms with van der Waals surface area (Å²) in [5.74, 6) is 5.97. The van der Waals surface area contributed by atoms with Gasteiger partial charge in [-0.05, 0) is 73.9 Å². The number of nitrogens with two attached hydrogens (primary N) is 1. The lowest BCUT2D eigenvalue weighted by Gasteiger charge is -2.25. The smallest absolute Gasteiger partial charge is 0.393 e. The monoisotopic (exact) mass is 567 g/mol. The molecular formula is C29H25ClF3N5O2. The van der Waals surface area contributed by atoms with E-state index in [-0.39, 0.29) is 29.9 Å². The van der Waals surface area contributed by atoms with Crippen molar-refractivity contribution in [1.82, 2.24) is 19.7 Å². The number of alkyl halides is 3. The van der Waals surface area contributed by atoms with Gasteiger partial charge in [-0.25, -0.2) is 14.6 Å². The third kappa shape index (κ3) is 5.67. The first-order valence-electron chi connectivity index (χ1n) is 12.7. The number of Topliss-reactive ketones (excluding diaryl/α,β-unsaturated/α-hetero) is 1. The second kappa shape index (κ2) is 10.9. The summed E-state index contributed by atoms with van der Waals surface area (Å²) >= 11 is 5.69. The Balaban J connectivity index is 1.44. The molecule has 4 aromatic rings. The van der Waals surface area contributed by atoms with Crippen molar-refractivity contribution in [2.75, 3.05) is 5.73 Å². The lowest BCUT2D eigenvalue weighted by atomic mass is 9.93. The van der Waals surface area contributed by atoms with Gasteiger partial charge in [-0.15, -0.1) is 0 Å². The molecular weight excluding hydrogens is 543 g/mol. The van der Waals surface area contributed by atoms with Gasteiger partial charge in [0.2, 0.25) is 0 Å². The number of nitrogen functional groups attached to an aromatic ring is 1. The summed E-state index contributed by atoms with van der Waals surface area (Å²) in [7, 11) is 0. The molecule has 0 saturated heterocycles. The number of halogens is 4. The van der Waals surface area contributed by atoms with Crippen LogP contribution in [0, 0.1) is 18.8 Å². The lowest BCUT2D eigenvalue weighted by molar-refractivity contribution is -0.137. The van der Waals surface area contributed by atoms with Gasteiger partial charge in [-0.2, -0.15) is 18.3 Å². The Morgan fingerprint density at radius 1 is 1.12 bits per heavy atom. The number of hydrogen-bond donors (Lipinski definition) is 2. The summed E-state index contributed by atoms with van der Waals surface area (Å²) in [6.07, 6.45) is -0.857. The van der Waals surface area contributed by atoms with Crippen molar-refractivity contribution in [3.63, 3.8) is 0 Å². The largest absolute Gasteiger partial charge is 0.417 e. The van der Waals surface area contributed by atoms with Gasteiger partial charge in [-0.3, -0.25) is 4.79 Å². The Morgan fingerprint density at radius 3 is 2.60 bits per heavy atom. The summed E-state index contributed by atoms with van der Waals surface area (Å²) in [6.45, 7) is 1.87. The molecule has 0 unspecified atom stereocenters. The molecule has 1 aliphatic carbocycles. The van der Waals surface area contributed by atoms with Crippen LogP contribution in [0.25, 0.3) is 11.0 Å². The second-order valence-electron chi connectivity index (χ2n) is 9.90. The number of nitrogens with zero attached hydrogens (tertiary/aromatic N) is 4. The number of anilines is 1. The highest BCUT2D eigenvalue weighted by atomic mass is 35.5. The maximum Gasteiger partial charge on any atom is 0.417 e. The Labute approximate surface area is 233 Å². The number of aromatic nitrogens is 4. The van der Waals surface area contributed by atoms with Gasteiger partial charge in [-0.1, -0.05) is 29.7 Å². The molecule has 0 spiro atoms. The van der Waals surface area contributed by atoms with Gasteiger partial charge >= 0.3 is 6.18 Å². The first kappa shape index (κ1) is 27.6. The Hall–Kier alpha value is -3.94. The van der Waals surface area contributed by atoms with Crippen LogP contribution in [0.5, 0.6) is 0 Å². The van der Waals surface area contributed by atoms with E-state index in [1.807, 2.05) is 11.6 Å². The number of aliphatic hydroxyl groups is 1. The first-order chi connectivity index (χ1) is 19.0. The van der Waals surface area contributed by atoms with E-state index in [4.69, 9.17) is 22.4 Å². The number of carbonyl (C=O) groups excluding carboxylic acids is 1. The van der Waals surface area contributed by atoms with Crippen molar-refractivity contribution in [3.8, 4) is 11.8 Å². The van der Waals surface area contributed by atoms with Gasteiger partial charge < -0.3 is 10.8 Å². The molecule has 0 bridgehead atoms. The van der Waals surface area contributed by atoms with Crippen molar-refractivity contribution in [3.05, 3.63) is 81.3 Å². The molecule has 206 valence electrons. The lowest BCUT2D eigenvalue weighted by Crippen LogP contribution is -2.22. The van der Waals surface area contributed by atoms with Crippen molar-refractivity contribution < 1.29 is 23.1 Å². The number of aliphatic hydroxyl groups excluding tert-OH is 1. The third-order valence-corrected chi connectivity index (χ3v) is 7.44. The highest BCUT2D eigenvalue weighted by Gasteiger charge is 2.34. The molecule has 3 N–H and O–H groups in total. The number of ketones is 1. The summed E-state index contributed by atoms with van der Waals surface area (Å²) in [6, 6.07) is 8.48. The van der Waals surface area contributed by atoms with E-state index in [0.29, 0.717) is 40.7 Å². The molecule has 1 fully saturated rings. The van der Waals surface area contributed by atoms with Crippen LogP contribution >= 0.6 is 11.6 Å². The number of aryl methyl sites for hydroxylation is 1. The molecule has 0 amide bonds. The summed E-state index contributed by atoms with van der Waals surface area (Å²) in [4.78, 5) is 21.3. The number of hydrogen-bond acceptors (Lipinski definition) is 6. The predicted octanol–water partition coefficient (Wildman–Crippen LogP) is 5.69. The SMILES string of the molecule is Cc1ccc(CC(=O)c2ccc(Cl)c(C(F)(F)F)c2)cc1C#Cc1nn(C2CCC(O)CC2)c2ncnc(N)c12. The van der Waals surface area contributed by atoms with Crippen LogP contribution in [0.2, 0.25) is 5.02 Å². The highest BCUT2D eigenvalue weighted by Crippen LogP contribution is 2.35. The molecule has 2 aromatic heterocycles. The minimum atomic E-state index is -4.66. The maximum absolute atomic E-state index is 13.2. The van der Waals surface area contributed by atoms with E-state index in [9.17, 15) is 23.1 Å². The summed E-state index contributed by atoms with van der Waals surface area (Å²) in [5.41, 5.74) is 8.13. The Kier molecular flexibility index (Phi) is 7.53. The number of benzene rings is 2. The van der Waals surface area contributed by atoms with Crippen molar-refractivity contribution in [1.29, 1.82) is 0 Å². The van der Waals surface area contributed by atoms with Crippen molar-refractivity contribution in [2.24, 2.45) is 0 Å². The van der Waals surface area contributed by atoms with Gasteiger partial charge in [0.1, 0.15) is 17.8 Å². The number of fused-ring (bicyclic) bond motifs is 1. The minimum absolute atomic E-state index is 0.0533. The Bertz CT molecular complexity index is 1660. The molecule has 0 radical (unpaired) electrons. The zero-order valence-electron chi connectivity index (χ0n) is 21.5. The van der Waals surface area contributed by atoms with E-state index in [0.717, 1.165) is 30.5 Å². The molecule has 11 heteroatoms. The van der Waals surface area contributed by atoms with Crippen LogP contribution < -0.4 is 5.73 Å². The molecule has 1 aliphatic rings. The first-order valence-corrected chi connectivity index (χ1v) is 13.1. The van der Waals surface area contributed by atoms with Crippen LogP contribution in [0.4, 0.5) is 19.0 Å². The van der Waals surface area contributed by atoms with Crippen molar-refractivity contribution >= 4 is 34.2 Å². The fourth-order valence-corrected chi connectivity index (χ4v) is 5.11. The van der Waals surface area contributed by atoms with Crippen LogP contribution in [0.15, 0.2) is 42.7 Å².